The highest BCUT2D eigenvalue weighted by atomic mass is 32.1. The van der Waals surface area contributed by atoms with Gasteiger partial charge in [0.25, 0.3) is 0 Å². The van der Waals surface area contributed by atoms with E-state index in [1.165, 1.54) is 4.88 Å². The lowest BCUT2D eigenvalue weighted by Gasteiger charge is -2.40. The number of hydrogen-bond donors (Lipinski definition) is 1. The first-order valence-corrected chi connectivity index (χ1v) is 6.79. The molecular formula is C13H24N2S. The summed E-state index contributed by atoms with van der Waals surface area (Å²) in [6.45, 7) is 7.79. The van der Waals surface area contributed by atoms with E-state index in [4.69, 9.17) is 0 Å². The molecule has 0 aliphatic heterocycles. The van der Waals surface area contributed by atoms with Gasteiger partial charge in [-0.15, -0.1) is 11.3 Å². The topological polar surface area (TPSA) is 15.3 Å². The first-order chi connectivity index (χ1) is 7.48. The minimum absolute atomic E-state index is 0.167. The summed E-state index contributed by atoms with van der Waals surface area (Å²) in [5, 5.41) is 5.76. The van der Waals surface area contributed by atoms with Crippen LogP contribution in [0.4, 0.5) is 0 Å². The van der Waals surface area contributed by atoms with Crippen molar-refractivity contribution in [2.24, 2.45) is 0 Å². The molecule has 1 unspecified atom stereocenters. The molecule has 1 aromatic heterocycles. The van der Waals surface area contributed by atoms with E-state index in [-0.39, 0.29) is 5.54 Å². The van der Waals surface area contributed by atoms with Crippen LogP contribution in [0.3, 0.4) is 0 Å². The Kier molecular flexibility index (Phi) is 4.96. The predicted molar refractivity (Wildman–Crippen MR) is 73.3 cm³/mol. The molecule has 1 rings (SSSR count). The zero-order valence-corrected chi connectivity index (χ0v) is 11.9. The summed E-state index contributed by atoms with van der Waals surface area (Å²) in [7, 11) is 4.30. The van der Waals surface area contributed by atoms with Crippen LogP contribution in [-0.2, 0) is 6.42 Å². The lowest BCUT2D eigenvalue weighted by atomic mass is 9.90. The first kappa shape index (κ1) is 13.7. The maximum atomic E-state index is 3.61. The molecule has 1 N–H and O–H groups in total. The van der Waals surface area contributed by atoms with Crippen molar-refractivity contribution >= 4 is 11.3 Å². The lowest BCUT2D eigenvalue weighted by molar-refractivity contribution is 0.138. The van der Waals surface area contributed by atoms with E-state index in [0.717, 1.165) is 13.0 Å². The highest BCUT2D eigenvalue weighted by Gasteiger charge is 2.31. The van der Waals surface area contributed by atoms with Crippen molar-refractivity contribution in [3.05, 3.63) is 22.4 Å². The Morgan fingerprint density at radius 2 is 2.12 bits per heavy atom. The van der Waals surface area contributed by atoms with E-state index >= 15 is 0 Å². The van der Waals surface area contributed by atoms with Gasteiger partial charge in [0.15, 0.2) is 0 Å². The van der Waals surface area contributed by atoms with Crippen LogP contribution in [0, 0.1) is 0 Å². The van der Waals surface area contributed by atoms with Crippen LogP contribution in [0.2, 0.25) is 0 Å². The van der Waals surface area contributed by atoms with Crippen molar-refractivity contribution in [3.8, 4) is 0 Å². The molecule has 0 aliphatic rings. The maximum absolute atomic E-state index is 3.61. The van der Waals surface area contributed by atoms with Gasteiger partial charge in [-0.2, -0.15) is 0 Å². The van der Waals surface area contributed by atoms with Crippen LogP contribution in [0.5, 0.6) is 0 Å². The molecule has 0 saturated carbocycles. The number of likely N-dealkylation sites (N-methyl/N-ethyl adjacent to an activating group) is 2. The van der Waals surface area contributed by atoms with E-state index in [2.05, 4.69) is 62.6 Å². The summed E-state index contributed by atoms with van der Waals surface area (Å²) >= 11 is 1.85. The fourth-order valence-corrected chi connectivity index (χ4v) is 2.51. The van der Waals surface area contributed by atoms with E-state index in [0.29, 0.717) is 6.04 Å². The van der Waals surface area contributed by atoms with E-state index in [9.17, 15) is 0 Å². The molecule has 1 atom stereocenters. The molecule has 0 radical (unpaired) electrons. The molecular weight excluding hydrogens is 216 g/mol. The van der Waals surface area contributed by atoms with Crippen molar-refractivity contribution in [1.29, 1.82) is 0 Å². The van der Waals surface area contributed by atoms with Crippen LogP contribution in [0.15, 0.2) is 17.5 Å². The Morgan fingerprint density at radius 1 is 1.44 bits per heavy atom. The molecule has 0 amide bonds. The average molecular weight is 240 g/mol. The molecule has 2 nitrogen and oxygen atoms in total. The van der Waals surface area contributed by atoms with Gasteiger partial charge in [-0.25, -0.2) is 0 Å². The summed E-state index contributed by atoms with van der Waals surface area (Å²) in [6.07, 6.45) is 1.11. The average Bonchev–Trinajstić information content (AvgIpc) is 2.69. The van der Waals surface area contributed by atoms with E-state index in [1.807, 2.05) is 11.3 Å². The normalized spacial score (nSPS) is 14.4. The van der Waals surface area contributed by atoms with Crippen molar-refractivity contribution in [1.82, 2.24) is 10.2 Å². The monoisotopic (exact) mass is 240 g/mol. The smallest absolute Gasteiger partial charge is 0.0303 e. The Labute approximate surface area is 104 Å². The van der Waals surface area contributed by atoms with Gasteiger partial charge < -0.3 is 10.2 Å². The van der Waals surface area contributed by atoms with Gasteiger partial charge in [-0.3, -0.25) is 0 Å². The Morgan fingerprint density at radius 3 is 2.56 bits per heavy atom. The van der Waals surface area contributed by atoms with Crippen LogP contribution in [-0.4, -0.2) is 37.1 Å². The Balaban J connectivity index is 2.74. The number of nitrogens with one attached hydrogen (secondary N) is 1. The maximum Gasteiger partial charge on any atom is 0.0303 e. The molecule has 92 valence electrons. The fourth-order valence-electron chi connectivity index (χ4n) is 1.76. The minimum Gasteiger partial charge on any atom is -0.312 e. The molecule has 16 heavy (non-hydrogen) atoms. The fraction of sp³-hybridized carbons (Fsp3) is 0.692. The lowest BCUT2D eigenvalue weighted by Crippen LogP contribution is -2.56. The molecule has 0 aromatic carbocycles. The molecule has 0 aliphatic carbocycles. The Hall–Kier alpha value is -0.380. The van der Waals surface area contributed by atoms with Crippen LogP contribution in [0.25, 0.3) is 0 Å². The third-order valence-electron chi connectivity index (χ3n) is 3.44. The summed E-state index contributed by atoms with van der Waals surface area (Å²) < 4.78 is 0. The molecule has 1 heterocycles. The second kappa shape index (κ2) is 5.80. The summed E-state index contributed by atoms with van der Waals surface area (Å²) in [5.74, 6) is 0. The molecule has 0 spiro atoms. The van der Waals surface area contributed by atoms with Crippen LogP contribution in [0.1, 0.15) is 25.6 Å². The highest BCUT2D eigenvalue weighted by molar-refractivity contribution is 7.09. The van der Waals surface area contributed by atoms with Gasteiger partial charge in [0.1, 0.15) is 0 Å². The van der Waals surface area contributed by atoms with Crippen LogP contribution < -0.4 is 5.32 Å². The highest BCUT2D eigenvalue weighted by Crippen LogP contribution is 2.21. The van der Waals surface area contributed by atoms with Gasteiger partial charge in [0, 0.05) is 16.5 Å². The van der Waals surface area contributed by atoms with E-state index in [1.54, 1.807) is 0 Å². The van der Waals surface area contributed by atoms with Gasteiger partial charge in [0.05, 0.1) is 0 Å². The van der Waals surface area contributed by atoms with Crippen LogP contribution >= 0.6 is 11.3 Å². The molecule has 3 heteroatoms. The number of thiophene rings is 1. The number of rotatable bonds is 6. The summed E-state index contributed by atoms with van der Waals surface area (Å²) in [4.78, 5) is 3.76. The molecule has 0 saturated heterocycles. The zero-order valence-electron chi connectivity index (χ0n) is 11.1. The quantitative estimate of drug-likeness (QED) is 0.822. The van der Waals surface area contributed by atoms with E-state index < -0.39 is 0 Å². The zero-order chi connectivity index (χ0) is 12.2. The molecule has 1 aromatic rings. The second-order valence-electron chi connectivity index (χ2n) is 4.94. The minimum atomic E-state index is 0.167. The predicted octanol–water partition coefficient (Wildman–Crippen LogP) is 2.61. The number of hydrogen-bond acceptors (Lipinski definition) is 3. The third-order valence-corrected chi connectivity index (χ3v) is 4.34. The number of nitrogens with zero attached hydrogens (tertiary/aromatic N) is 1. The van der Waals surface area contributed by atoms with Gasteiger partial charge in [-0.05, 0) is 52.4 Å². The van der Waals surface area contributed by atoms with Crippen molar-refractivity contribution in [3.63, 3.8) is 0 Å². The van der Waals surface area contributed by atoms with Gasteiger partial charge in [0.2, 0.25) is 0 Å². The van der Waals surface area contributed by atoms with Crippen molar-refractivity contribution in [2.75, 3.05) is 20.6 Å². The third kappa shape index (κ3) is 3.30. The van der Waals surface area contributed by atoms with Gasteiger partial charge in [-0.1, -0.05) is 13.0 Å². The Bertz CT molecular complexity index is 291. The van der Waals surface area contributed by atoms with Crippen molar-refractivity contribution < 1.29 is 0 Å². The SMILES string of the molecule is CCNC(Cc1cccs1)C(C)(C)N(C)C. The second-order valence-corrected chi connectivity index (χ2v) is 5.97. The standard InChI is InChI=1S/C13H24N2S/c1-6-14-12(13(2,3)15(4)5)10-11-8-7-9-16-11/h7-9,12,14H,6,10H2,1-5H3. The van der Waals surface area contributed by atoms with Crippen molar-refractivity contribution in [2.45, 2.75) is 38.8 Å². The van der Waals surface area contributed by atoms with Gasteiger partial charge >= 0.3 is 0 Å². The summed E-state index contributed by atoms with van der Waals surface area (Å²) in [6, 6.07) is 4.85. The summed E-state index contributed by atoms with van der Waals surface area (Å²) in [5.41, 5.74) is 0.167. The molecule has 0 fully saturated rings. The first-order valence-electron chi connectivity index (χ1n) is 5.91. The largest absolute Gasteiger partial charge is 0.312 e. The molecule has 0 bridgehead atoms.